The van der Waals surface area contributed by atoms with Crippen LogP contribution in [0.5, 0.6) is 0 Å². The van der Waals surface area contributed by atoms with Gasteiger partial charge in [0.15, 0.2) is 0 Å². The molecular weight excluding hydrogens is 436 g/mol. The molecule has 0 bridgehead atoms. The van der Waals surface area contributed by atoms with E-state index in [1.54, 1.807) is 0 Å². The Kier molecular flexibility index (Phi) is 28.3. The second-order valence-corrected chi connectivity index (χ2v) is 10.4. The highest BCUT2D eigenvalue weighted by molar-refractivity contribution is 5.69. The van der Waals surface area contributed by atoms with Gasteiger partial charge in [-0.05, 0) is 25.7 Å². The molecule has 35 heavy (non-hydrogen) atoms. The largest absolute Gasteiger partial charge is 0.466 e. The van der Waals surface area contributed by atoms with Gasteiger partial charge < -0.3 is 9.47 Å². The third-order valence-electron chi connectivity index (χ3n) is 6.78. The molecule has 0 rings (SSSR count). The van der Waals surface area contributed by atoms with E-state index >= 15 is 0 Å². The van der Waals surface area contributed by atoms with Crippen LogP contribution in [0.15, 0.2) is 0 Å². The van der Waals surface area contributed by atoms with Gasteiger partial charge in [0, 0.05) is 12.8 Å². The highest BCUT2D eigenvalue weighted by Gasteiger charge is 2.03. The number of hydrogen-bond donors (Lipinski definition) is 0. The van der Waals surface area contributed by atoms with E-state index < -0.39 is 0 Å². The Balaban J connectivity index is 3.17. The van der Waals surface area contributed by atoms with Gasteiger partial charge in [-0.15, -0.1) is 0 Å². The lowest BCUT2D eigenvalue weighted by Gasteiger charge is -2.05. The number of ether oxygens (including phenoxy) is 2. The minimum Gasteiger partial charge on any atom is -0.466 e. The topological polar surface area (TPSA) is 52.6 Å². The molecule has 0 radical (unpaired) electrons. The number of unbranched alkanes of at least 4 members (excludes halogenated alkanes) is 20. The molecule has 0 fully saturated rings. The van der Waals surface area contributed by atoms with Gasteiger partial charge >= 0.3 is 11.9 Å². The van der Waals surface area contributed by atoms with E-state index in [4.69, 9.17) is 9.47 Å². The lowest BCUT2D eigenvalue weighted by molar-refractivity contribution is -0.144. The summed E-state index contributed by atoms with van der Waals surface area (Å²) in [6, 6.07) is 0. The number of carbonyl (C=O) groups is 2. The molecule has 0 aliphatic heterocycles. The van der Waals surface area contributed by atoms with Crippen molar-refractivity contribution in [3.8, 4) is 0 Å². The van der Waals surface area contributed by atoms with E-state index in [9.17, 15) is 9.59 Å². The van der Waals surface area contributed by atoms with Crippen molar-refractivity contribution in [1.29, 1.82) is 0 Å². The van der Waals surface area contributed by atoms with E-state index in [1.807, 2.05) is 0 Å². The van der Waals surface area contributed by atoms with Crippen molar-refractivity contribution in [2.45, 2.75) is 174 Å². The zero-order chi connectivity index (χ0) is 25.7. The van der Waals surface area contributed by atoms with Gasteiger partial charge in [0.1, 0.15) is 0 Å². The van der Waals surface area contributed by atoms with E-state index in [1.165, 1.54) is 109 Å². The molecule has 0 heterocycles. The average molecular weight is 497 g/mol. The highest BCUT2D eigenvalue weighted by atomic mass is 16.5. The van der Waals surface area contributed by atoms with Crippen molar-refractivity contribution in [2.75, 3.05) is 13.2 Å². The highest BCUT2D eigenvalue weighted by Crippen LogP contribution is 2.14. The molecule has 0 spiro atoms. The SMILES string of the molecule is CCCCCCOC(=O)CCCCCCCCCCCCCCCCCC(=O)OCCCCCC. The molecule has 0 amide bonds. The number of hydrogen-bond acceptors (Lipinski definition) is 4. The van der Waals surface area contributed by atoms with Crippen molar-refractivity contribution in [3.05, 3.63) is 0 Å². The summed E-state index contributed by atoms with van der Waals surface area (Å²) in [6.45, 7) is 5.60. The van der Waals surface area contributed by atoms with Gasteiger partial charge in [-0.1, -0.05) is 136 Å². The smallest absolute Gasteiger partial charge is 0.305 e. The Labute approximate surface area is 218 Å². The predicted molar refractivity (Wildman–Crippen MR) is 149 cm³/mol. The fourth-order valence-corrected chi connectivity index (χ4v) is 4.41. The molecular formula is C31H60O4. The molecule has 0 saturated heterocycles. The third kappa shape index (κ3) is 29.1. The Morgan fingerprint density at radius 3 is 0.914 bits per heavy atom. The number of carbonyl (C=O) groups excluding carboxylic acids is 2. The van der Waals surface area contributed by atoms with Crippen LogP contribution in [0.25, 0.3) is 0 Å². The predicted octanol–water partition coefficient (Wildman–Crippen LogP) is 9.87. The normalized spacial score (nSPS) is 11.0. The van der Waals surface area contributed by atoms with Gasteiger partial charge in [0.25, 0.3) is 0 Å². The molecule has 0 saturated carbocycles. The van der Waals surface area contributed by atoms with Crippen LogP contribution in [0, 0.1) is 0 Å². The van der Waals surface area contributed by atoms with Crippen molar-refractivity contribution in [2.24, 2.45) is 0 Å². The van der Waals surface area contributed by atoms with E-state index in [0.717, 1.165) is 38.5 Å². The summed E-state index contributed by atoms with van der Waals surface area (Å²) in [6.07, 6.45) is 29.3. The second-order valence-electron chi connectivity index (χ2n) is 10.4. The Bertz CT molecular complexity index is 409. The van der Waals surface area contributed by atoms with Crippen LogP contribution in [0.2, 0.25) is 0 Å². The molecule has 4 heteroatoms. The van der Waals surface area contributed by atoms with E-state index in [2.05, 4.69) is 13.8 Å². The maximum atomic E-state index is 11.7. The van der Waals surface area contributed by atoms with Gasteiger partial charge in [0.2, 0.25) is 0 Å². The maximum absolute atomic E-state index is 11.7. The Morgan fingerprint density at radius 1 is 0.371 bits per heavy atom. The summed E-state index contributed by atoms with van der Waals surface area (Å²) in [7, 11) is 0. The van der Waals surface area contributed by atoms with Crippen LogP contribution < -0.4 is 0 Å². The molecule has 0 unspecified atom stereocenters. The fraction of sp³-hybridized carbons (Fsp3) is 0.935. The monoisotopic (exact) mass is 496 g/mol. The molecule has 4 nitrogen and oxygen atoms in total. The second kappa shape index (κ2) is 29.2. The number of esters is 2. The first-order valence-electron chi connectivity index (χ1n) is 15.5. The molecule has 0 aromatic rings. The first-order chi connectivity index (χ1) is 17.2. The quantitative estimate of drug-likeness (QED) is 0.0798. The Morgan fingerprint density at radius 2 is 0.629 bits per heavy atom. The van der Waals surface area contributed by atoms with Gasteiger partial charge in [-0.25, -0.2) is 0 Å². The standard InChI is InChI=1S/C31H60O4/c1-3-5-7-24-28-34-30(32)26-22-20-18-16-14-12-10-9-11-13-15-17-19-21-23-27-31(33)35-29-25-8-6-4-2/h3-29H2,1-2H3. The van der Waals surface area contributed by atoms with Gasteiger partial charge in [-0.3, -0.25) is 9.59 Å². The molecule has 0 aliphatic carbocycles. The molecule has 0 aliphatic rings. The summed E-state index contributed by atoms with van der Waals surface area (Å²) in [5.41, 5.74) is 0. The minimum absolute atomic E-state index is 0.00491. The first kappa shape index (κ1) is 33.9. The average Bonchev–Trinajstić information content (AvgIpc) is 2.85. The van der Waals surface area contributed by atoms with Crippen molar-refractivity contribution < 1.29 is 19.1 Å². The van der Waals surface area contributed by atoms with Crippen LogP contribution in [-0.4, -0.2) is 25.2 Å². The van der Waals surface area contributed by atoms with Crippen LogP contribution in [0.4, 0.5) is 0 Å². The summed E-state index contributed by atoms with van der Waals surface area (Å²) < 4.78 is 10.6. The van der Waals surface area contributed by atoms with E-state index in [0.29, 0.717) is 26.1 Å². The zero-order valence-corrected chi connectivity index (χ0v) is 23.7. The Hall–Kier alpha value is -1.06. The molecule has 0 aromatic heterocycles. The summed E-state index contributed by atoms with van der Waals surface area (Å²) in [5.74, 6) is -0.00982. The van der Waals surface area contributed by atoms with Crippen molar-refractivity contribution in [3.63, 3.8) is 0 Å². The molecule has 0 aromatic carbocycles. The van der Waals surface area contributed by atoms with Crippen molar-refractivity contribution in [1.82, 2.24) is 0 Å². The van der Waals surface area contributed by atoms with Crippen LogP contribution in [0.3, 0.4) is 0 Å². The fourth-order valence-electron chi connectivity index (χ4n) is 4.41. The third-order valence-corrected chi connectivity index (χ3v) is 6.78. The lowest BCUT2D eigenvalue weighted by atomic mass is 10.0. The summed E-state index contributed by atoms with van der Waals surface area (Å²) >= 11 is 0. The summed E-state index contributed by atoms with van der Waals surface area (Å²) in [5, 5.41) is 0. The van der Waals surface area contributed by atoms with Crippen molar-refractivity contribution >= 4 is 11.9 Å². The summed E-state index contributed by atoms with van der Waals surface area (Å²) in [4.78, 5) is 23.3. The number of rotatable bonds is 28. The molecule has 0 atom stereocenters. The van der Waals surface area contributed by atoms with Gasteiger partial charge in [0.05, 0.1) is 13.2 Å². The van der Waals surface area contributed by atoms with Crippen LogP contribution >= 0.6 is 0 Å². The molecule has 208 valence electrons. The van der Waals surface area contributed by atoms with Crippen LogP contribution in [-0.2, 0) is 19.1 Å². The lowest BCUT2D eigenvalue weighted by Crippen LogP contribution is -2.05. The molecule has 0 N–H and O–H groups in total. The van der Waals surface area contributed by atoms with E-state index in [-0.39, 0.29) is 11.9 Å². The maximum Gasteiger partial charge on any atom is 0.305 e. The van der Waals surface area contributed by atoms with Crippen LogP contribution in [0.1, 0.15) is 174 Å². The minimum atomic E-state index is -0.00491. The first-order valence-corrected chi connectivity index (χ1v) is 15.5. The van der Waals surface area contributed by atoms with Gasteiger partial charge in [-0.2, -0.15) is 0 Å². The zero-order valence-electron chi connectivity index (χ0n) is 23.7.